The predicted octanol–water partition coefficient (Wildman–Crippen LogP) is 4.27. The Morgan fingerprint density at radius 2 is 1.64 bits per heavy atom. The van der Waals surface area contributed by atoms with Crippen LogP contribution in [0.1, 0.15) is 37.9 Å². The van der Waals surface area contributed by atoms with Crippen LogP contribution in [0.4, 0.5) is 5.69 Å². The maximum atomic E-state index is 13.4. The van der Waals surface area contributed by atoms with Crippen LogP contribution in [0, 0.1) is 16.7 Å². The van der Waals surface area contributed by atoms with Gasteiger partial charge in [0, 0.05) is 16.5 Å². The summed E-state index contributed by atoms with van der Waals surface area (Å²) in [6.45, 7) is 5.76. The molecule has 0 aromatic heterocycles. The number of phenols is 1. The minimum atomic E-state index is -1.03. The van der Waals surface area contributed by atoms with E-state index in [0.29, 0.717) is 16.8 Å². The highest BCUT2D eigenvalue weighted by atomic mass is 16.5. The third-order valence-corrected chi connectivity index (χ3v) is 5.42. The van der Waals surface area contributed by atoms with Crippen molar-refractivity contribution in [1.29, 1.82) is 5.26 Å². The van der Waals surface area contributed by atoms with Gasteiger partial charge in [0.05, 0.1) is 18.7 Å². The normalized spacial score (nSPS) is 12.9. The summed E-state index contributed by atoms with van der Waals surface area (Å²) in [7, 11) is 1.25. The van der Waals surface area contributed by atoms with Gasteiger partial charge in [-0.3, -0.25) is 4.79 Å². The molecule has 3 aromatic rings. The fourth-order valence-corrected chi connectivity index (χ4v) is 3.64. The molecule has 1 amide bonds. The lowest BCUT2D eigenvalue weighted by Crippen LogP contribution is -2.49. The quantitative estimate of drug-likeness (QED) is 0.489. The minimum absolute atomic E-state index is 0.0515. The van der Waals surface area contributed by atoms with E-state index in [4.69, 9.17) is 4.74 Å². The van der Waals surface area contributed by atoms with Gasteiger partial charge >= 0.3 is 5.97 Å². The number of methoxy groups -OCH3 is 1. The molecule has 2 atom stereocenters. The Labute approximate surface area is 193 Å². The second-order valence-corrected chi connectivity index (χ2v) is 8.82. The van der Waals surface area contributed by atoms with Gasteiger partial charge in [0.25, 0.3) is 0 Å². The molecular formula is C26H27N3O4. The molecule has 0 radical (unpaired) electrons. The Morgan fingerprint density at radius 1 is 1.00 bits per heavy atom. The van der Waals surface area contributed by atoms with E-state index in [1.54, 1.807) is 24.3 Å². The molecule has 7 nitrogen and oxygen atoms in total. The number of nitriles is 1. The first-order chi connectivity index (χ1) is 15.7. The second kappa shape index (κ2) is 9.61. The van der Waals surface area contributed by atoms with E-state index in [-0.39, 0.29) is 11.7 Å². The average molecular weight is 446 g/mol. The van der Waals surface area contributed by atoms with E-state index in [2.05, 4.69) is 16.7 Å². The molecule has 0 aliphatic carbocycles. The number of benzene rings is 3. The average Bonchev–Trinajstić information content (AvgIpc) is 2.80. The smallest absolute Gasteiger partial charge is 0.333 e. The summed E-state index contributed by atoms with van der Waals surface area (Å²) in [5.74, 6) is -0.958. The number of carbonyl (C=O) groups excluding carboxylic acids is 2. The number of phenolic OH excluding ortho intramolecular Hbond substituents is 1. The second-order valence-electron chi connectivity index (χ2n) is 8.82. The monoisotopic (exact) mass is 445 g/mol. The number of rotatable bonds is 6. The summed E-state index contributed by atoms with van der Waals surface area (Å²) < 4.78 is 4.90. The van der Waals surface area contributed by atoms with Crippen LogP contribution in [0.2, 0.25) is 0 Å². The molecule has 7 heteroatoms. The highest BCUT2D eigenvalue weighted by molar-refractivity contribution is 5.99. The molecule has 33 heavy (non-hydrogen) atoms. The van der Waals surface area contributed by atoms with Crippen LogP contribution in [0.5, 0.6) is 5.75 Å². The fraction of sp³-hybridized carbons (Fsp3) is 0.269. The summed E-state index contributed by atoms with van der Waals surface area (Å²) in [4.78, 5) is 25.9. The van der Waals surface area contributed by atoms with Gasteiger partial charge in [-0.2, -0.15) is 5.26 Å². The molecule has 0 unspecified atom stereocenters. The highest BCUT2D eigenvalue weighted by Gasteiger charge is 2.35. The first kappa shape index (κ1) is 23.6. The topological polar surface area (TPSA) is 111 Å². The standard InChI is InChI=1S/C26H27N3O4/c1-26(2,3)23(28-21-14-11-17(15-27)19-7-5-6-8-20(19)21)24(31)29-22(25(32)33-4)16-9-12-18(30)13-10-16/h5-14,22-23,28,30H,1-4H3,(H,29,31)/t22-,23+/m0/s1. The number of aromatic hydroxyl groups is 1. The molecular weight excluding hydrogens is 418 g/mol. The van der Waals surface area contributed by atoms with Crippen molar-refractivity contribution < 1.29 is 19.4 Å². The zero-order chi connectivity index (χ0) is 24.2. The number of amides is 1. The van der Waals surface area contributed by atoms with Gasteiger partial charge in [-0.15, -0.1) is 0 Å². The lowest BCUT2D eigenvalue weighted by Gasteiger charge is -2.32. The maximum Gasteiger partial charge on any atom is 0.333 e. The van der Waals surface area contributed by atoms with E-state index >= 15 is 0 Å². The van der Waals surface area contributed by atoms with Crippen LogP contribution in [-0.2, 0) is 14.3 Å². The third-order valence-electron chi connectivity index (χ3n) is 5.42. The van der Waals surface area contributed by atoms with Crippen molar-refractivity contribution in [1.82, 2.24) is 5.32 Å². The van der Waals surface area contributed by atoms with Gasteiger partial charge < -0.3 is 20.5 Å². The van der Waals surface area contributed by atoms with Gasteiger partial charge in [0.15, 0.2) is 6.04 Å². The molecule has 0 bridgehead atoms. The largest absolute Gasteiger partial charge is 0.508 e. The van der Waals surface area contributed by atoms with Crippen molar-refractivity contribution in [2.24, 2.45) is 5.41 Å². The van der Waals surface area contributed by atoms with Crippen LogP contribution < -0.4 is 10.6 Å². The summed E-state index contributed by atoms with van der Waals surface area (Å²) in [5, 5.41) is 26.7. The molecule has 0 saturated heterocycles. The number of nitrogens with zero attached hydrogens (tertiary/aromatic N) is 1. The van der Waals surface area contributed by atoms with Crippen LogP contribution in [0.3, 0.4) is 0 Å². The number of nitrogens with one attached hydrogen (secondary N) is 2. The van der Waals surface area contributed by atoms with Crippen molar-refractivity contribution in [2.75, 3.05) is 12.4 Å². The Bertz CT molecular complexity index is 1210. The minimum Gasteiger partial charge on any atom is -0.508 e. The van der Waals surface area contributed by atoms with E-state index in [1.807, 2.05) is 45.0 Å². The zero-order valence-electron chi connectivity index (χ0n) is 19.0. The molecule has 0 spiro atoms. The Morgan fingerprint density at radius 3 is 2.21 bits per heavy atom. The van der Waals surface area contributed by atoms with Crippen molar-refractivity contribution in [3.8, 4) is 11.8 Å². The van der Waals surface area contributed by atoms with Gasteiger partial charge in [0.1, 0.15) is 11.8 Å². The van der Waals surface area contributed by atoms with Crippen molar-refractivity contribution in [3.63, 3.8) is 0 Å². The number of ether oxygens (including phenoxy) is 1. The zero-order valence-corrected chi connectivity index (χ0v) is 19.0. The Balaban J connectivity index is 1.96. The number of anilines is 1. The summed E-state index contributed by atoms with van der Waals surface area (Å²) in [6, 6.07) is 17.5. The number of fused-ring (bicyclic) bond motifs is 1. The summed E-state index contributed by atoms with van der Waals surface area (Å²) >= 11 is 0. The van der Waals surface area contributed by atoms with Gasteiger partial charge in [-0.05, 0) is 35.2 Å². The van der Waals surface area contributed by atoms with Crippen molar-refractivity contribution in [2.45, 2.75) is 32.9 Å². The Kier molecular flexibility index (Phi) is 6.88. The highest BCUT2D eigenvalue weighted by Crippen LogP contribution is 2.31. The van der Waals surface area contributed by atoms with E-state index in [1.165, 1.54) is 19.2 Å². The molecule has 0 aliphatic heterocycles. The fourth-order valence-electron chi connectivity index (χ4n) is 3.64. The number of hydrogen-bond donors (Lipinski definition) is 3. The number of esters is 1. The molecule has 0 aliphatic rings. The number of carbonyl (C=O) groups is 2. The maximum absolute atomic E-state index is 13.4. The first-order valence-electron chi connectivity index (χ1n) is 10.5. The molecule has 0 saturated carbocycles. The summed E-state index contributed by atoms with van der Waals surface area (Å²) in [5.41, 5.74) is 1.23. The molecule has 0 heterocycles. The predicted molar refractivity (Wildman–Crippen MR) is 127 cm³/mol. The van der Waals surface area contributed by atoms with E-state index < -0.39 is 23.5 Å². The van der Waals surface area contributed by atoms with E-state index in [9.17, 15) is 20.0 Å². The molecule has 0 fully saturated rings. The summed E-state index contributed by atoms with van der Waals surface area (Å²) in [6.07, 6.45) is 0. The Hall–Kier alpha value is -4.05. The lowest BCUT2D eigenvalue weighted by molar-refractivity contribution is -0.145. The molecule has 3 N–H and O–H groups in total. The van der Waals surface area contributed by atoms with Crippen molar-refractivity contribution >= 4 is 28.3 Å². The number of hydrogen-bond acceptors (Lipinski definition) is 6. The van der Waals surface area contributed by atoms with Gasteiger partial charge in [-0.1, -0.05) is 57.2 Å². The van der Waals surface area contributed by atoms with Crippen LogP contribution >= 0.6 is 0 Å². The molecule has 3 rings (SSSR count). The van der Waals surface area contributed by atoms with Gasteiger partial charge in [0.2, 0.25) is 5.91 Å². The third kappa shape index (κ3) is 5.24. The van der Waals surface area contributed by atoms with Gasteiger partial charge in [-0.25, -0.2) is 4.79 Å². The molecule has 170 valence electrons. The molecule has 3 aromatic carbocycles. The SMILES string of the molecule is COC(=O)[C@@H](NC(=O)[C@@H](Nc1ccc(C#N)c2ccccc12)C(C)(C)C)c1ccc(O)cc1. The van der Waals surface area contributed by atoms with E-state index in [0.717, 1.165) is 10.8 Å². The lowest BCUT2D eigenvalue weighted by atomic mass is 9.85. The van der Waals surface area contributed by atoms with Crippen LogP contribution in [0.15, 0.2) is 60.7 Å². The van der Waals surface area contributed by atoms with Crippen LogP contribution in [-0.4, -0.2) is 30.1 Å². The first-order valence-corrected chi connectivity index (χ1v) is 10.5. The van der Waals surface area contributed by atoms with Crippen molar-refractivity contribution in [3.05, 3.63) is 71.8 Å². The van der Waals surface area contributed by atoms with Crippen LogP contribution in [0.25, 0.3) is 10.8 Å².